The highest BCUT2D eigenvalue weighted by molar-refractivity contribution is 5.78. The summed E-state index contributed by atoms with van der Waals surface area (Å²) in [5.74, 6) is 1.18. The van der Waals surface area contributed by atoms with Gasteiger partial charge in [-0.1, -0.05) is 30.4 Å². The maximum absolute atomic E-state index is 12.8. The number of carbonyl (C=O) groups is 1. The fraction of sp³-hybridized carbons (Fsp3) is 0.348. The van der Waals surface area contributed by atoms with Crippen LogP contribution >= 0.6 is 0 Å². The second kappa shape index (κ2) is 12.6. The summed E-state index contributed by atoms with van der Waals surface area (Å²) in [5.41, 5.74) is 2.07. The molecule has 0 aromatic heterocycles. The van der Waals surface area contributed by atoms with Gasteiger partial charge in [0, 0.05) is 19.5 Å². The standard InChI is InChI=1S/C23H29FN2O3/c1-28-21-13-10-19(17-22(21)29-2)6-4-14-25-15-16-26-23(27)7-3-5-18-8-11-20(24)12-9-18/h3,5,8-13,17,25H,4,6-7,14-16H2,1-2H3,(H,26,27)/b5-3+. The van der Waals surface area contributed by atoms with E-state index in [4.69, 9.17) is 9.47 Å². The van der Waals surface area contributed by atoms with Gasteiger partial charge in [-0.15, -0.1) is 0 Å². The first kappa shape index (κ1) is 22.4. The number of aryl methyl sites for hydroxylation is 1. The Morgan fingerprint density at radius 2 is 1.76 bits per heavy atom. The molecule has 2 rings (SSSR count). The molecule has 2 aromatic carbocycles. The number of ether oxygens (including phenoxy) is 2. The number of benzene rings is 2. The first-order valence-electron chi connectivity index (χ1n) is 9.73. The summed E-state index contributed by atoms with van der Waals surface area (Å²) in [6.45, 7) is 2.17. The number of rotatable bonds is 12. The molecule has 0 spiro atoms. The van der Waals surface area contributed by atoms with Crippen molar-refractivity contribution in [2.75, 3.05) is 33.9 Å². The molecule has 2 N–H and O–H groups in total. The van der Waals surface area contributed by atoms with Crippen LogP contribution in [0.3, 0.4) is 0 Å². The average molecular weight is 400 g/mol. The number of nitrogens with one attached hydrogen (secondary N) is 2. The summed E-state index contributed by atoms with van der Waals surface area (Å²) in [7, 11) is 3.26. The van der Waals surface area contributed by atoms with Crippen molar-refractivity contribution < 1.29 is 18.7 Å². The Labute approximate surface area is 171 Å². The first-order valence-corrected chi connectivity index (χ1v) is 9.73. The number of carbonyl (C=O) groups excluding carboxylic acids is 1. The highest BCUT2D eigenvalue weighted by atomic mass is 19.1. The largest absolute Gasteiger partial charge is 0.493 e. The summed E-state index contributed by atoms with van der Waals surface area (Å²) in [4.78, 5) is 11.8. The predicted molar refractivity (Wildman–Crippen MR) is 114 cm³/mol. The molecule has 0 atom stereocenters. The minimum absolute atomic E-state index is 0.0320. The molecule has 0 saturated carbocycles. The van der Waals surface area contributed by atoms with E-state index in [1.165, 1.54) is 17.7 Å². The van der Waals surface area contributed by atoms with Crippen molar-refractivity contribution in [1.29, 1.82) is 0 Å². The second-order valence-electron chi connectivity index (χ2n) is 6.55. The van der Waals surface area contributed by atoms with Crippen LogP contribution in [0.2, 0.25) is 0 Å². The molecule has 0 heterocycles. The lowest BCUT2D eigenvalue weighted by atomic mass is 10.1. The normalized spacial score (nSPS) is 10.9. The third-order valence-electron chi connectivity index (χ3n) is 4.37. The van der Waals surface area contributed by atoms with Gasteiger partial charge >= 0.3 is 0 Å². The van der Waals surface area contributed by atoms with E-state index in [0.29, 0.717) is 13.0 Å². The maximum atomic E-state index is 12.8. The first-order chi connectivity index (χ1) is 14.1. The van der Waals surface area contributed by atoms with Gasteiger partial charge in [-0.05, 0) is 54.8 Å². The highest BCUT2D eigenvalue weighted by Gasteiger charge is 2.04. The average Bonchev–Trinajstić information content (AvgIpc) is 2.74. The summed E-state index contributed by atoms with van der Waals surface area (Å²) in [6.07, 6.45) is 5.82. The lowest BCUT2D eigenvalue weighted by Crippen LogP contribution is -2.31. The van der Waals surface area contributed by atoms with Crippen LogP contribution in [0.1, 0.15) is 24.0 Å². The summed E-state index contributed by atoms with van der Waals surface area (Å²) >= 11 is 0. The summed E-state index contributed by atoms with van der Waals surface area (Å²) in [6, 6.07) is 12.1. The van der Waals surface area contributed by atoms with Gasteiger partial charge in [0.2, 0.25) is 5.91 Å². The van der Waals surface area contributed by atoms with Crippen molar-refractivity contribution in [3.8, 4) is 11.5 Å². The number of methoxy groups -OCH3 is 2. The molecular weight excluding hydrogens is 371 g/mol. The molecule has 0 unspecified atom stereocenters. The van der Waals surface area contributed by atoms with Crippen molar-refractivity contribution in [2.45, 2.75) is 19.3 Å². The van der Waals surface area contributed by atoms with Gasteiger partial charge in [-0.25, -0.2) is 4.39 Å². The smallest absolute Gasteiger partial charge is 0.223 e. The van der Waals surface area contributed by atoms with E-state index in [-0.39, 0.29) is 11.7 Å². The Bertz CT molecular complexity index is 791. The number of hydrogen-bond acceptors (Lipinski definition) is 4. The Hall–Kier alpha value is -2.86. The van der Waals surface area contributed by atoms with Crippen molar-refractivity contribution in [1.82, 2.24) is 10.6 Å². The van der Waals surface area contributed by atoms with E-state index in [1.807, 2.05) is 24.3 Å². The lowest BCUT2D eigenvalue weighted by molar-refractivity contribution is -0.120. The highest BCUT2D eigenvalue weighted by Crippen LogP contribution is 2.27. The zero-order chi connectivity index (χ0) is 20.9. The summed E-state index contributed by atoms with van der Waals surface area (Å²) in [5, 5.41) is 6.20. The number of amides is 1. The monoisotopic (exact) mass is 400 g/mol. The minimum atomic E-state index is -0.267. The van der Waals surface area contributed by atoms with Crippen LogP contribution in [-0.2, 0) is 11.2 Å². The minimum Gasteiger partial charge on any atom is -0.493 e. The van der Waals surface area contributed by atoms with Gasteiger partial charge in [0.25, 0.3) is 0 Å². The van der Waals surface area contributed by atoms with Crippen LogP contribution in [0.4, 0.5) is 4.39 Å². The topological polar surface area (TPSA) is 59.6 Å². The van der Waals surface area contributed by atoms with Crippen LogP contribution in [-0.4, -0.2) is 39.8 Å². The van der Waals surface area contributed by atoms with E-state index >= 15 is 0 Å². The molecule has 5 nitrogen and oxygen atoms in total. The fourth-order valence-electron chi connectivity index (χ4n) is 2.82. The molecule has 0 aliphatic carbocycles. The molecule has 0 aliphatic rings. The Balaban J connectivity index is 1.54. The molecule has 2 aromatic rings. The lowest BCUT2D eigenvalue weighted by Gasteiger charge is -2.10. The van der Waals surface area contributed by atoms with Crippen molar-refractivity contribution in [3.63, 3.8) is 0 Å². The van der Waals surface area contributed by atoms with Gasteiger partial charge in [0.1, 0.15) is 5.82 Å². The fourth-order valence-corrected chi connectivity index (χ4v) is 2.82. The number of halogens is 1. The van der Waals surface area contributed by atoms with Gasteiger partial charge < -0.3 is 20.1 Å². The maximum Gasteiger partial charge on any atom is 0.223 e. The molecular formula is C23H29FN2O3. The van der Waals surface area contributed by atoms with E-state index in [9.17, 15) is 9.18 Å². The molecule has 0 bridgehead atoms. The Morgan fingerprint density at radius 3 is 2.48 bits per heavy atom. The molecule has 29 heavy (non-hydrogen) atoms. The zero-order valence-electron chi connectivity index (χ0n) is 17.0. The number of hydrogen-bond donors (Lipinski definition) is 2. The van der Waals surface area contributed by atoms with Gasteiger partial charge in [0.15, 0.2) is 11.5 Å². The summed E-state index contributed by atoms with van der Waals surface area (Å²) < 4.78 is 23.4. The van der Waals surface area contributed by atoms with E-state index in [2.05, 4.69) is 10.6 Å². The molecule has 0 fully saturated rings. The second-order valence-corrected chi connectivity index (χ2v) is 6.55. The van der Waals surface area contributed by atoms with Crippen LogP contribution < -0.4 is 20.1 Å². The van der Waals surface area contributed by atoms with E-state index < -0.39 is 0 Å². The SMILES string of the molecule is COc1ccc(CCCNCCNC(=O)C/C=C/c2ccc(F)cc2)cc1OC. The van der Waals surface area contributed by atoms with Crippen LogP contribution in [0, 0.1) is 5.82 Å². The molecule has 0 aliphatic heterocycles. The molecule has 156 valence electrons. The van der Waals surface area contributed by atoms with Crippen molar-refractivity contribution >= 4 is 12.0 Å². The quantitative estimate of drug-likeness (QED) is 0.535. The van der Waals surface area contributed by atoms with Crippen molar-refractivity contribution in [3.05, 3.63) is 65.5 Å². The molecule has 1 amide bonds. The van der Waals surface area contributed by atoms with Crippen molar-refractivity contribution in [2.24, 2.45) is 0 Å². The predicted octanol–water partition coefficient (Wildman–Crippen LogP) is 3.58. The third kappa shape index (κ3) is 8.35. The van der Waals surface area contributed by atoms with Gasteiger partial charge in [-0.3, -0.25) is 4.79 Å². The van der Waals surface area contributed by atoms with Crippen LogP contribution in [0.15, 0.2) is 48.5 Å². The third-order valence-corrected chi connectivity index (χ3v) is 4.37. The molecule has 0 radical (unpaired) electrons. The molecule has 6 heteroatoms. The zero-order valence-corrected chi connectivity index (χ0v) is 17.0. The van der Waals surface area contributed by atoms with Gasteiger partial charge in [-0.2, -0.15) is 0 Å². The van der Waals surface area contributed by atoms with Crippen LogP contribution in [0.25, 0.3) is 6.08 Å². The molecule has 0 saturated heterocycles. The Kier molecular flexibility index (Phi) is 9.72. The van der Waals surface area contributed by atoms with Crippen LogP contribution in [0.5, 0.6) is 11.5 Å². The van der Waals surface area contributed by atoms with E-state index in [0.717, 1.165) is 43.0 Å². The van der Waals surface area contributed by atoms with Gasteiger partial charge in [0.05, 0.1) is 14.2 Å². The Morgan fingerprint density at radius 1 is 1.00 bits per heavy atom. The van der Waals surface area contributed by atoms with E-state index in [1.54, 1.807) is 32.4 Å².